The lowest BCUT2D eigenvalue weighted by atomic mass is 9.83. The van der Waals surface area contributed by atoms with E-state index in [4.69, 9.17) is 14.6 Å². The Bertz CT molecular complexity index is 870. The average molecular weight is 539 g/mol. The summed E-state index contributed by atoms with van der Waals surface area (Å²) in [6, 6.07) is 3.45. The molecule has 0 aromatic heterocycles. The molecule has 36 heavy (non-hydrogen) atoms. The second-order valence-corrected chi connectivity index (χ2v) is 12.7. The molecule has 1 aliphatic carbocycles. The van der Waals surface area contributed by atoms with Crippen LogP contribution in [-0.4, -0.2) is 56.9 Å². The number of phenols is 1. The SMILES string of the molecule is CCCc1c(OCCCSCC2COC(CCCC(=O)O)(C3CCCCC3)S2)ccc(C(C)=O)c1O. The van der Waals surface area contributed by atoms with Gasteiger partial charge >= 0.3 is 5.97 Å². The molecule has 0 spiro atoms. The lowest BCUT2D eigenvalue weighted by Gasteiger charge is -2.38. The van der Waals surface area contributed by atoms with E-state index in [2.05, 4.69) is 0 Å². The first-order valence-corrected chi connectivity index (χ1v) is 15.5. The summed E-state index contributed by atoms with van der Waals surface area (Å²) in [6.07, 6.45) is 10.4. The summed E-state index contributed by atoms with van der Waals surface area (Å²) in [5.41, 5.74) is 1.07. The summed E-state index contributed by atoms with van der Waals surface area (Å²) in [7, 11) is 0. The van der Waals surface area contributed by atoms with E-state index < -0.39 is 5.97 Å². The second-order valence-electron chi connectivity index (χ2n) is 9.97. The molecule has 2 fully saturated rings. The van der Waals surface area contributed by atoms with Crippen LogP contribution in [0.2, 0.25) is 0 Å². The zero-order chi connectivity index (χ0) is 26.0. The van der Waals surface area contributed by atoms with Crippen LogP contribution in [0.3, 0.4) is 0 Å². The molecule has 0 radical (unpaired) electrons. The molecule has 1 aliphatic heterocycles. The largest absolute Gasteiger partial charge is 0.507 e. The van der Waals surface area contributed by atoms with Crippen molar-refractivity contribution in [3.8, 4) is 11.5 Å². The Morgan fingerprint density at radius 3 is 2.69 bits per heavy atom. The molecule has 2 atom stereocenters. The van der Waals surface area contributed by atoms with Gasteiger partial charge in [0, 0.05) is 23.0 Å². The first kappa shape index (κ1) is 29.2. The molecule has 1 heterocycles. The molecule has 2 N–H and O–H groups in total. The molecule has 2 aliphatic rings. The fraction of sp³-hybridized carbons (Fsp3) is 0.714. The number of aliphatic carboxylic acids is 1. The standard InChI is InChI=1S/C28H42O6S2/c1-3-9-24-25(14-13-23(20(2)29)27(24)32)33-16-8-17-35-19-22-18-34-28(36-22,15-7-12-26(30)31)21-10-5-4-6-11-21/h13-14,21-22,32H,3-12,15-19H2,1-2H3,(H,30,31). The highest BCUT2D eigenvalue weighted by Crippen LogP contribution is 2.51. The predicted octanol–water partition coefficient (Wildman–Crippen LogP) is 6.71. The van der Waals surface area contributed by atoms with Crippen molar-refractivity contribution in [2.75, 3.05) is 24.7 Å². The number of carbonyl (C=O) groups excluding carboxylic acids is 1. The van der Waals surface area contributed by atoms with Crippen LogP contribution < -0.4 is 4.74 Å². The maximum atomic E-state index is 11.7. The van der Waals surface area contributed by atoms with Crippen molar-refractivity contribution >= 4 is 35.3 Å². The summed E-state index contributed by atoms with van der Waals surface area (Å²) in [4.78, 5) is 22.6. The third-order valence-corrected chi connectivity index (χ3v) is 10.3. The number of benzene rings is 1. The smallest absolute Gasteiger partial charge is 0.303 e. The zero-order valence-corrected chi connectivity index (χ0v) is 23.4. The average Bonchev–Trinajstić information content (AvgIpc) is 3.27. The number of aromatic hydroxyl groups is 1. The highest BCUT2D eigenvalue weighted by atomic mass is 32.2. The fourth-order valence-corrected chi connectivity index (χ4v) is 8.27. The van der Waals surface area contributed by atoms with E-state index in [1.54, 1.807) is 12.1 Å². The van der Waals surface area contributed by atoms with Crippen molar-refractivity contribution in [2.24, 2.45) is 5.92 Å². The van der Waals surface area contributed by atoms with Crippen molar-refractivity contribution < 1.29 is 29.3 Å². The van der Waals surface area contributed by atoms with E-state index in [1.807, 2.05) is 30.4 Å². The summed E-state index contributed by atoms with van der Waals surface area (Å²) < 4.78 is 12.5. The van der Waals surface area contributed by atoms with E-state index in [1.165, 1.54) is 39.0 Å². The minimum absolute atomic E-state index is 0.0549. The number of carboxylic acids is 1. The number of hydrogen-bond acceptors (Lipinski definition) is 7. The summed E-state index contributed by atoms with van der Waals surface area (Å²) in [5.74, 6) is 2.40. The van der Waals surface area contributed by atoms with Gasteiger partial charge < -0.3 is 19.7 Å². The third-order valence-electron chi connectivity index (χ3n) is 7.14. The van der Waals surface area contributed by atoms with E-state index in [9.17, 15) is 14.7 Å². The van der Waals surface area contributed by atoms with Gasteiger partial charge in [0.2, 0.25) is 0 Å². The van der Waals surface area contributed by atoms with Crippen LogP contribution in [0.5, 0.6) is 11.5 Å². The summed E-state index contributed by atoms with van der Waals surface area (Å²) in [5, 5.41) is 20.0. The highest BCUT2D eigenvalue weighted by molar-refractivity contribution is 8.04. The third kappa shape index (κ3) is 8.06. The monoisotopic (exact) mass is 538 g/mol. The molecular weight excluding hydrogens is 496 g/mol. The van der Waals surface area contributed by atoms with Crippen LogP contribution in [0.15, 0.2) is 12.1 Å². The zero-order valence-electron chi connectivity index (χ0n) is 21.8. The van der Waals surface area contributed by atoms with E-state index in [-0.39, 0.29) is 22.9 Å². The number of hydrogen-bond donors (Lipinski definition) is 2. The van der Waals surface area contributed by atoms with Gasteiger partial charge in [-0.1, -0.05) is 32.6 Å². The van der Waals surface area contributed by atoms with Gasteiger partial charge in [-0.25, -0.2) is 0 Å². The maximum Gasteiger partial charge on any atom is 0.303 e. The summed E-state index contributed by atoms with van der Waals surface area (Å²) in [6.45, 7) is 4.82. The lowest BCUT2D eigenvalue weighted by Crippen LogP contribution is -2.36. The molecular formula is C28H42O6S2. The van der Waals surface area contributed by atoms with Crippen LogP contribution in [-0.2, 0) is 16.0 Å². The number of ether oxygens (including phenoxy) is 2. The Balaban J connectivity index is 1.43. The Labute approximate surface area is 224 Å². The molecule has 2 unspecified atom stereocenters. The molecule has 3 rings (SSSR count). The number of thioether (sulfide) groups is 2. The van der Waals surface area contributed by atoms with Crippen LogP contribution in [0, 0.1) is 5.92 Å². The molecule has 1 saturated heterocycles. The van der Waals surface area contributed by atoms with E-state index in [0.717, 1.165) is 42.9 Å². The van der Waals surface area contributed by atoms with Gasteiger partial charge in [-0.3, -0.25) is 9.59 Å². The van der Waals surface area contributed by atoms with E-state index in [0.29, 0.717) is 41.9 Å². The molecule has 0 amide bonds. The van der Waals surface area contributed by atoms with Crippen molar-refractivity contribution in [1.82, 2.24) is 0 Å². The molecule has 0 bridgehead atoms. The topological polar surface area (TPSA) is 93.1 Å². The van der Waals surface area contributed by atoms with Gasteiger partial charge in [0.1, 0.15) is 16.4 Å². The van der Waals surface area contributed by atoms with Gasteiger partial charge in [0.15, 0.2) is 5.78 Å². The molecule has 1 aromatic rings. The van der Waals surface area contributed by atoms with Gasteiger partial charge in [0.25, 0.3) is 0 Å². The number of carboxylic acid groups (broad SMARTS) is 1. The molecule has 202 valence electrons. The molecule has 8 heteroatoms. The van der Waals surface area contributed by atoms with Crippen molar-refractivity contribution in [3.05, 3.63) is 23.3 Å². The molecule has 6 nitrogen and oxygen atoms in total. The number of carbonyl (C=O) groups is 2. The fourth-order valence-electron chi connectivity index (χ4n) is 5.33. The van der Waals surface area contributed by atoms with Crippen LogP contribution in [0.1, 0.15) is 94.0 Å². The molecule has 1 saturated carbocycles. The van der Waals surface area contributed by atoms with E-state index >= 15 is 0 Å². The predicted molar refractivity (Wildman–Crippen MR) is 148 cm³/mol. The van der Waals surface area contributed by atoms with Crippen molar-refractivity contribution in [3.63, 3.8) is 0 Å². The van der Waals surface area contributed by atoms with Crippen LogP contribution >= 0.6 is 23.5 Å². The quantitative estimate of drug-likeness (QED) is 0.188. The number of Topliss-reactive ketones (excluding diaryl/α,β-unsaturated/α-hetero) is 1. The maximum absolute atomic E-state index is 11.7. The van der Waals surface area contributed by atoms with Crippen molar-refractivity contribution in [1.29, 1.82) is 0 Å². The van der Waals surface area contributed by atoms with Crippen LogP contribution in [0.25, 0.3) is 0 Å². The van der Waals surface area contributed by atoms with Gasteiger partial charge in [0.05, 0.1) is 18.8 Å². The first-order valence-electron chi connectivity index (χ1n) is 13.5. The number of rotatable bonds is 15. The first-order chi connectivity index (χ1) is 17.4. The van der Waals surface area contributed by atoms with Gasteiger partial charge in [-0.05, 0) is 69.3 Å². The number of phenolic OH excluding ortho intramolecular Hbond substituents is 1. The highest BCUT2D eigenvalue weighted by Gasteiger charge is 2.46. The van der Waals surface area contributed by atoms with Crippen molar-refractivity contribution in [2.45, 2.75) is 94.7 Å². The van der Waals surface area contributed by atoms with Crippen LogP contribution in [0.4, 0.5) is 0 Å². The Morgan fingerprint density at radius 1 is 1.22 bits per heavy atom. The Hall–Kier alpha value is -1.38. The second kappa shape index (κ2) is 14.5. The minimum atomic E-state index is -0.724. The lowest BCUT2D eigenvalue weighted by molar-refractivity contribution is -0.137. The Morgan fingerprint density at radius 2 is 2.00 bits per heavy atom. The normalized spacial score (nSPS) is 22.6. The van der Waals surface area contributed by atoms with Gasteiger partial charge in [-0.2, -0.15) is 11.8 Å². The number of ketones is 1. The van der Waals surface area contributed by atoms with Gasteiger partial charge in [-0.15, -0.1) is 11.8 Å². The minimum Gasteiger partial charge on any atom is -0.507 e. The summed E-state index contributed by atoms with van der Waals surface area (Å²) >= 11 is 3.88. The molecule has 1 aromatic carbocycles. The Kier molecular flexibility index (Phi) is 11.8.